The minimum atomic E-state index is -1.79. The van der Waals surface area contributed by atoms with Crippen LogP contribution in [0, 0.1) is 0 Å². The van der Waals surface area contributed by atoms with E-state index >= 15 is 0 Å². The maximum Gasteiger partial charge on any atom is 0.351 e. The monoisotopic (exact) mass is 284 g/mol. The molecule has 0 fully saturated rings. The summed E-state index contributed by atoms with van der Waals surface area (Å²) in [6.07, 6.45) is 0. The second-order valence-corrected chi connectivity index (χ2v) is 4.65. The molecule has 0 radical (unpaired) electrons. The summed E-state index contributed by atoms with van der Waals surface area (Å²) in [5, 5.41) is 0.323. The number of thioether (sulfide) groups is 1. The highest BCUT2D eigenvalue weighted by Gasteiger charge is 2.21. The van der Waals surface area contributed by atoms with Gasteiger partial charge in [-0.2, -0.15) is 0 Å². The molecule has 5 nitrogen and oxygen atoms in total. The number of aromatic amines is 1. The average molecular weight is 284 g/mol. The lowest BCUT2D eigenvalue weighted by Crippen LogP contribution is -2.15. The van der Waals surface area contributed by atoms with Gasteiger partial charge < -0.3 is 14.5 Å². The zero-order chi connectivity index (χ0) is 13.8. The Morgan fingerprint density at radius 3 is 3.05 bits per heavy atom. The van der Waals surface area contributed by atoms with Gasteiger partial charge in [0.2, 0.25) is 5.50 Å². The second kappa shape index (κ2) is 5.92. The molecule has 19 heavy (non-hydrogen) atoms. The molecule has 0 bridgehead atoms. The fraction of sp³-hybridized carbons (Fsp3) is 0.333. The molecule has 1 N–H and O–H groups in total. The molecule has 0 saturated carbocycles. The van der Waals surface area contributed by atoms with Crippen molar-refractivity contribution >= 4 is 28.8 Å². The average Bonchev–Trinajstić information content (AvgIpc) is 2.79. The number of imidazole rings is 1. The molecule has 1 unspecified atom stereocenters. The molecule has 1 heterocycles. The Hall–Kier alpha value is -1.76. The fourth-order valence-corrected chi connectivity index (χ4v) is 2.18. The largest absolute Gasteiger partial charge is 0.497 e. The molecule has 0 aliphatic carbocycles. The van der Waals surface area contributed by atoms with Crippen molar-refractivity contribution in [3.05, 3.63) is 18.2 Å². The molecule has 102 valence electrons. The van der Waals surface area contributed by atoms with E-state index in [0.717, 1.165) is 5.52 Å². The Labute approximate surface area is 113 Å². The third kappa shape index (κ3) is 3.17. The topological polar surface area (TPSA) is 64.2 Å². The number of halogens is 1. The Balaban J connectivity index is 2.15. The SMILES string of the molecule is CCOC(=O)C(F)Sc1nc2ccc(OC)cc2[nH]1. The molecule has 0 aliphatic rings. The minimum absolute atomic E-state index is 0.150. The van der Waals surface area contributed by atoms with Crippen LogP contribution >= 0.6 is 11.8 Å². The highest BCUT2D eigenvalue weighted by Crippen LogP contribution is 2.26. The first-order valence-corrected chi connectivity index (χ1v) is 6.53. The number of benzene rings is 1. The summed E-state index contributed by atoms with van der Waals surface area (Å²) in [7, 11) is 1.56. The first kappa shape index (κ1) is 13.7. The Bertz CT molecular complexity index is 587. The van der Waals surface area contributed by atoms with Gasteiger partial charge in [-0.3, -0.25) is 0 Å². The van der Waals surface area contributed by atoms with Crippen molar-refractivity contribution in [2.24, 2.45) is 0 Å². The summed E-state index contributed by atoms with van der Waals surface area (Å²) in [6, 6.07) is 5.27. The number of alkyl halides is 1. The number of rotatable bonds is 5. The number of methoxy groups -OCH3 is 1. The zero-order valence-corrected chi connectivity index (χ0v) is 11.3. The van der Waals surface area contributed by atoms with Gasteiger partial charge in [0.15, 0.2) is 5.16 Å². The van der Waals surface area contributed by atoms with E-state index < -0.39 is 11.5 Å². The predicted molar refractivity (Wildman–Crippen MR) is 70.0 cm³/mol. The molecule has 2 rings (SSSR count). The van der Waals surface area contributed by atoms with Crippen LogP contribution in [0.15, 0.2) is 23.4 Å². The number of H-pyrrole nitrogens is 1. The number of aromatic nitrogens is 2. The maximum absolute atomic E-state index is 13.5. The third-order valence-electron chi connectivity index (χ3n) is 2.35. The molecule has 2 aromatic rings. The fourth-order valence-electron chi connectivity index (χ4n) is 1.50. The lowest BCUT2D eigenvalue weighted by molar-refractivity contribution is -0.145. The summed E-state index contributed by atoms with van der Waals surface area (Å²) in [4.78, 5) is 18.3. The number of esters is 1. The van der Waals surface area contributed by atoms with Crippen LogP contribution in [0.3, 0.4) is 0 Å². The van der Waals surface area contributed by atoms with Crippen LogP contribution in [0.25, 0.3) is 11.0 Å². The first-order valence-electron chi connectivity index (χ1n) is 5.65. The normalized spacial score (nSPS) is 12.4. The first-order chi connectivity index (χ1) is 9.13. The van der Waals surface area contributed by atoms with Gasteiger partial charge in [0.25, 0.3) is 0 Å². The summed E-state index contributed by atoms with van der Waals surface area (Å²) in [5.41, 5.74) is -0.389. The van der Waals surface area contributed by atoms with Gasteiger partial charge in [0.1, 0.15) is 5.75 Å². The summed E-state index contributed by atoms with van der Waals surface area (Å²) >= 11 is 0.682. The predicted octanol–water partition coefficient (Wildman–Crippen LogP) is 2.52. The number of carbonyl (C=O) groups excluding carboxylic acids is 1. The van der Waals surface area contributed by atoms with Crippen LogP contribution in [0.2, 0.25) is 0 Å². The van der Waals surface area contributed by atoms with Crippen molar-refractivity contribution in [1.82, 2.24) is 9.97 Å². The van der Waals surface area contributed by atoms with E-state index in [1.807, 2.05) is 0 Å². The molecule has 0 spiro atoms. The smallest absolute Gasteiger partial charge is 0.351 e. The van der Waals surface area contributed by atoms with E-state index in [9.17, 15) is 9.18 Å². The number of carbonyl (C=O) groups is 1. The Kier molecular flexibility index (Phi) is 4.26. The third-order valence-corrected chi connectivity index (χ3v) is 3.17. The summed E-state index contributed by atoms with van der Waals surface area (Å²) in [6.45, 7) is 1.78. The number of hydrogen-bond donors (Lipinski definition) is 1. The molecule has 0 saturated heterocycles. The van der Waals surface area contributed by atoms with E-state index in [-0.39, 0.29) is 6.61 Å². The molecule has 1 atom stereocenters. The highest BCUT2D eigenvalue weighted by atomic mass is 32.2. The van der Waals surface area contributed by atoms with Crippen molar-refractivity contribution < 1.29 is 18.7 Å². The van der Waals surface area contributed by atoms with Crippen LogP contribution in [0.5, 0.6) is 5.75 Å². The van der Waals surface area contributed by atoms with Gasteiger partial charge in [-0.25, -0.2) is 14.2 Å². The van der Waals surface area contributed by atoms with Crippen LogP contribution in [0.1, 0.15) is 6.92 Å². The Morgan fingerprint density at radius 2 is 2.37 bits per heavy atom. The number of ether oxygens (including phenoxy) is 2. The summed E-state index contributed by atoms with van der Waals surface area (Å²) in [5.74, 6) is -0.222. The van der Waals surface area contributed by atoms with Crippen LogP contribution in [0.4, 0.5) is 4.39 Å². The summed E-state index contributed by atoms with van der Waals surface area (Å²) < 4.78 is 23.2. The van der Waals surface area contributed by atoms with E-state index in [1.165, 1.54) is 0 Å². The standard InChI is InChI=1S/C12H13FN2O3S/c1-3-18-11(16)10(13)19-12-14-8-5-4-7(17-2)6-9(8)15-12/h4-6,10H,3H2,1-2H3,(H,14,15). The molecule has 0 amide bonds. The molecular formula is C12H13FN2O3S. The molecule has 1 aromatic carbocycles. The number of nitrogens with zero attached hydrogens (tertiary/aromatic N) is 1. The van der Waals surface area contributed by atoms with Crippen LogP contribution in [-0.4, -0.2) is 35.2 Å². The second-order valence-electron chi connectivity index (χ2n) is 3.61. The maximum atomic E-state index is 13.5. The minimum Gasteiger partial charge on any atom is -0.497 e. The van der Waals surface area contributed by atoms with E-state index in [1.54, 1.807) is 32.2 Å². The van der Waals surface area contributed by atoms with Gasteiger partial charge in [-0.1, -0.05) is 0 Å². The van der Waals surface area contributed by atoms with Crippen LogP contribution < -0.4 is 4.74 Å². The van der Waals surface area contributed by atoms with Gasteiger partial charge in [0, 0.05) is 6.07 Å². The van der Waals surface area contributed by atoms with Gasteiger partial charge in [-0.15, -0.1) is 0 Å². The molecule has 0 aliphatic heterocycles. The molecule has 7 heteroatoms. The van der Waals surface area contributed by atoms with Gasteiger partial charge in [-0.05, 0) is 30.8 Å². The van der Waals surface area contributed by atoms with Crippen molar-refractivity contribution in [2.45, 2.75) is 17.6 Å². The quantitative estimate of drug-likeness (QED) is 0.675. The van der Waals surface area contributed by atoms with Crippen molar-refractivity contribution in [3.63, 3.8) is 0 Å². The van der Waals surface area contributed by atoms with Crippen molar-refractivity contribution in [3.8, 4) is 5.75 Å². The lowest BCUT2D eigenvalue weighted by atomic mass is 10.3. The van der Waals surface area contributed by atoms with E-state index in [4.69, 9.17) is 4.74 Å². The highest BCUT2D eigenvalue weighted by molar-refractivity contribution is 8.00. The van der Waals surface area contributed by atoms with E-state index in [0.29, 0.717) is 28.2 Å². The van der Waals surface area contributed by atoms with Crippen molar-refractivity contribution in [2.75, 3.05) is 13.7 Å². The number of fused-ring (bicyclic) bond motifs is 1. The molecule has 1 aromatic heterocycles. The van der Waals surface area contributed by atoms with Gasteiger partial charge >= 0.3 is 5.97 Å². The van der Waals surface area contributed by atoms with Crippen molar-refractivity contribution in [1.29, 1.82) is 0 Å². The number of hydrogen-bond acceptors (Lipinski definition) is 5. The van der Waals surface area contributed by atoms with E-state index in [2.05, 4.69) is 14.7 Å². The van der Waals surface area contributed by atoms with Crippen LogP contribution in [-0.2, 0) is 9.53 Å². The Morgan fingerprint density at radius 1 is 1.58 bits per heavy atom. The molecular weight excluding hydrogens is 271 g/mol. The lowest BCUT2D eigenvalue weighted by Gasteiger charge is -2.04. The van der Waals surface area contributed by atoms with Gasteiger partial charge in [0.05, 0.1) is 24.8 Å². The zero-order valence-electron chi connectivity index (χ0n) is 10.5. The number of nitrogens with one attached hydrogen (secondary N) is 1.